The van der Waals surface area contributed by atoms with Gasteiger partial charge in [-0.2, -0.15) is 13.2 Å². The molecule has 0 bridgehead atoms. The van der Waals surface area contributed by atoms with E-state index >= 15 is 0 Å². The lowest BCUT2D eigenvalue weighted by Gasteiger charge is -2.25. The van der Waals surface area contributed by atoms with E-state index in [0.717, 1.165) is 37.8 Å². The molecule has 1 aliphatic carbocycles. The summed E-state index contributed by atoms with van der Waals surface area (Å²) in [6.45, 7) is 0.643. The molecule has 1 aliphatic rings. The van der Waals surface area contributed by atoms with Crippen molar-refractivity contribution in [3.8, 4) is 0 Å². The minimum Gasteiger partial charge on any atom is -0.393 e. The molecule has 0 spiro atoms. The summed E-state index contributed by atoms with van der Waals surface area (Å²) in [6.07, 6.45) is 0.296. The average molecular weight is 393 g/mol. The predicted octanol–water partition coefficient (Wildman–Crippen LogP) is 4.32. The molecule has 5 nitrogen and oxygen atoms in total. The number of carbonyl (C=O) groups excluding carboxylic acids is 1. The Labute approximate surface area is 161 Å². The average Bonchev–Trinajstić information content (AvgIpc) is 2.67. The van der Waals surface area contributed by atoms with E-state index in [1.54, 1.807) is 18.3 Å². The first-order chi connectivity index (χ1) is 13.3. The van der Waals surface area contributed by atoms with Gasteiger partial charge in [-0.3, -0.25) is 4.79 Å². The number of benzene rings is 1. The molecule has 1 aromatic heterocycles. The number of pyridine rings is 1. The maximum absolute atomic E-state index is 12.6. The lowest BCUT2D eigenvalue weighted by molar-refractivity contribution is -0.137. The van der Waals surface area contributed by atoms with Crippen LogP contribution in [0.15, 0.2) is 42.6 Å². The fraction of sp³-hybridized carbons (Fsp3) is 0.400. The van der Waals surface area contributed by atoms with Crippen LogP contribution in [0.5, 0.6) is 0 Å². The smallest absolute Gasteiger partial charge is 0.393 e. The van der Waals surface area contributed by atoms with Gasteiger partial charge in [0.15, 0.2) is 0 Å². The number of aliphatic hydroxyl groups excluding tert-OH is 1. The number of nitrogens with zero attached hydrogens (tertiary/aromatic N) is 1. The zero-order valence-electron chi connectivity index (χ0n) is 15.2. The van der Waals surface area contributed by atoms with E-state index in [9.17, 15) is 23.1 Å². The van der Waals surface area contributed by atoms with Crippen LogP contribution >= 0.6 is 0 Å². The van der Waals surface area contributed by atoms with E-state index < -0.39 is 17.6 Å². The molecule has 1 fully saturated rings. The molecule has 3 N–H and O–H groups in total. The van der Waals surface area contributed by atoms with Gasteiger partial charge >= 0.3 is 6.18 Å². The Hall–Kier alpha value is -2.61. The molecular formula is C20H22F3N3O2. The highest BCUT2D eigenvalue weighted by Gasteiger charge is 2.30. The van der Waals surface area contributed by atoms with Crippen LogP contribution in [-0.2, 0) is 6.18 Å². The highest BCUT2D eigenvalue weighted by atomic mass is 19.4. The van der Waals surface area contributed by atoms with Crippen LogP contribution in [0.4, 0.5) is 24.7 Å². The summed E-state index contributed by atoms with van der Waals surface area (Å²) in [5.41, 5.74) is -0.181. The van der Waals surface area contributed by atoms with Gasteiger partial charge in [-0.15, -0.1) is 0 Å². The highest BCUT2D eigenvalue weighted by Crippen LogP contribution is 2.30. The summed E-state index contributed by atoms with van der Waals surface area (Å²) in [7, 11) is 0. The summed E-state index contributed by atoms with van der Waals surface area (Å²) in [6, 6.07) is 7.53. The van der Waals surface area contributed by atoms with Crippen molar-refractivity contribution in [2.75, 3.05) is 17.2 Å². The van der Waals surface area contributed by atoms with E-state index in [0.29, 0.717) is 23.8 Å². The van der Waals surface area contributed by atoms with Crippen molar-refractivity contribution in [1.29, 1.82) is 0 Å². The molecule has 3 rings (SSSR count). The van der Waals surface area contributed by atoms with E-state index in [1.165, 1.54) is 12.1 Å². The number of halogens is 3. The fourth-order valence-electron chi connectivity index (χ4n) is 3.26. The lowest BCUT2D eigenvalue weighted by Crippen LogP contribution is -2.24. The first-order valence-electron chi connectivity index (χ1n) is 9.18. The molecule has 8 heteroatoms. The Kier molecular flexibility index (Phi) is 6.18. The van der Waals surface area contributed by atoms with Gasteiger partial charge in [-0.25, -0.2) is 4.98 Å². The lowest BCUT2D eigenvalue weighted by atomic mass is 9.87. The second-order valence-corrected chi connectivity index (χ2v) is 6.98. The molecule has 0 saturated heterocycles. The largest absolute Gasteiger partial charge is 0.416 e. The van der Waals surface area contributed by atoms with Crippen molar-refractivity contribution in [2.45, 2.75) is 38.0 Å². The van der Waals surface area contributed by atoms with Crippen LogP contribution in [-0.4, -0.2) is 28.6 Å². The standard InChI is InChI=1S/C20H22F3N3O2/c21-20(22,23)14-5-7-15(8-6-14)26-19(28)17-2-1-11-24-18(17)25-12-13-3-9-16(27)10-4-13/h1-2,5-8,11,13,16,27H,3-4,9-10,12H2,(H,24,25)(H,26,28)/t13-,16+. The van der Waals surface area contributed by atoms with Gasteiger partial charge in [0.2, 0.25) is 0 Å². The van der Waals surface area contributed by atoms with Crippen molar-refractivity contribution >= 4 is 17.4 Å². The SMILES string of the molecule is O=C(Nc1ccc(C(F)(F)F)cc1)c1cccnc1NC[C@H]1CC[C@@H](O)CC1. The minimum absolute atomic E-state index is 0.226. The number of amides is 1. The Bertz CT molecular complexity index is 801. The van der Waals surface area contributed by atoms with Crippen molar-refractivity contribution in [2.24, 2.45) is 5.92 Å². The molecule has 1 aromatic carbocycles. The third kappa shape index (κ3) is 5.22. The number of carbonyl (C=O) groups is 1. The number of hydrogen-bond donors (Lipinski definition) is 3. The van der Waals surface area contributed by atoms with Gasteiger partial charge in [-0.1, -0.05) is 0 Å². The van der Waals surface area contributed by atoms with Gasteiger partial charge in [0.05, 0.1) is 17.2 Å². The quantitative estimate of drug-likeness (QED) is 0.708. The van der Waals surface area contributed by atoms with Crippen molar-refractivity contribution in [1.82, 2.24) is 4.98 Å². The van der Waals surface area contributed by atoms with Crippen molar-refractivity contribution in [3.05, 3.63) is 53.7 Å². The van der Waals surface area contributed by atoms with Crippen molar-refractivity contribution < 1.29 is 23.1 Å². The number of hydrogen-bond acceptors (Lipinski definition) is 4. The Morgan fingerprint density at radius 3 is 2.43 bits per heavy atom. The third-order valence-electron chi connectivity index (χ3n) is 4.90. The van der Waals surface area contributed by atoms with Crippen LogP contribution in [0.2, 0.25) is 0 Å². The summed E-state index contributed by atoms with van der Waals surface area (Å²) in [5, 5.41) is 15.4. The molecular weight excluding hydrogens is 371 g/mol. The minimum atomic E-state index is -4.42. The Morgan fingerprint density at radius 1 is 1.11 bits per heavy atom. The first-order valence-corrected chi connectivity index (χ1v) is 9.18. The summed E-state index contributed by atoms with van der Waals surface area (Å²) < 4.78 is 37.9. The predicted molar refractivity (Wildman–Crippen MR) is 100 cm³/mol. The van der Waals surface area contributed by atoms with Crippen molar-refractivity contribution in [3.63, 3.8) is 0 Å². The summed E-state index contributed by atoms with van der Waals surface area (Å²) in [5.74, 6) is 0.378. The van der Waals surface area contributed by atoms with E-state index in [-0.39, 0.29) is 11.8 Å². The van der Waals surface area contributed by atoms with Crippen LogP contribution in [0.1, 0.15) is 41.6 Å². The molecule has 1 heterocycles. The highest BCUT2D eigenvalue weighted by molar-refractivity contribution is 6.07. The molecule has 1 saturated carbocycles. The Morgan fingerprint density at radius 2 is 1.79 bits per heavy atom. The number of anilines is 2. The number of rotatable bonds is 5. The molecule has 0 aliphatic heterocycles. The second-order valence-electron chi connectivity index (χ2n) is 6.98. The zero-order valence-corrected chi connectivity index (χ0v) is 15.2. The fourth-order valence-corrected chi connectivity index (χ4v) is 3.26. The molecule has 1 amide bonds. The maximum atomic E-state index is 12.6. The summed E-state index contributed by atoms with van der Waals surface area (Å²) >= 11 is 0. The van der Waals surface area contributed by atoms with Gasteiger partial charge in [0, 0.05) is 18.4 Å². The topological polar surface area (TPSA) is 74.2 Å². The van der Waals surface area contributed by atoms with E-state index in [1.807, 2.05) is 0 Å². The van der Waals surface area contributed by atoms with Crippen LogP contribution < -0.4 is 10.6 Å². The molecule has 0 radical (unpaired) electrons. The van der Waals surface area contributed by atoms with Crippen LogP contribution in [0.25, 0.3) is 0 Å². The molecule has 150 valence electrons. The second kappa shape index (κ2) is 8.60. The van der Waals surface area contributed by atoms with Crippen LogP contribution in [0, 0.1) is 5.92 Å². The molecule has 2 aromatic rings. The maximum Gasteiger partial charge on any atom is 0.416 e. The third-order valence-corrected chi connectivity index (χ3v) is 4.90. The zero-order chi connectivity index (χ0) is 20.1. The van der Waals surface area contributed by atoms with E-state index in [2.05, 4.69) is 15.6 Å². The van der Waals surface area contributed by atoms with Gasteiger partial charge < -0.3 is 15.7 Å². The number of nitrogens with one attached hydrogen (secondary N) is 2. The van der Waals surface area contributed by atoms with Gasteiger partial charge in [0.1, 0.15) is 5.82 Å². The molecule has 28 heavy (non-hydrogen) atoms. The monoisotopic (exact) mass is 393 g/mol. The van der Waals surface area contributed by atoms with Gasteiger partial charge in [0.25, 0.3) is 5.91 Å². The van der Waals surface area contributed by atoms with Crippen LogP contribution in [0.3, 0.4) is 0 Å². The first kappa shape index (κ1) is 20.1. The number of aromatic nitrogens is 1. The van der Waals surface area contributed by atoms with E-state index in [4.69, 9.17) is 0 Å². The normalized spacial score (nSPS) is 19.9. The molecule has 0 atom stereocenters. The molecule has 0 unspecified atom stereocenters. The number of alkyl halides is 3. The number of aliphatic hydroxyl groups is 1. The van der Waals surface area contributed by atoms with Gasteiger partial charge in [-0.05, 0) is 68.0 Å². The summed E-state index contributed by atoms with van der Waals surface area (Å²) in [4.78, 5) is 16.8. The Balaban J connectivity index is 1.64.